The molecule has 1 rings (SSSR count). The van der Waals surface area contributed by atoms with Gasteiger partial charge in [0.05, 0.1) is 4.90 Å². The van der Waals surface area contributed by atoms with Crippen LogP contribution in [0.4, 0.5) is 5.69 Å². The van der Waals surface area contributed by atoms with Crippen LogP contribution >= 0.6 is 0 Å². The van der Waals surface area contributed by atoms with Crippen LogP contribution in [0.1, 0.15) is 20.8 Å². The van der Waals surface area contributed by atoms with Gasteiger partial charge in [-0.3, -0.25) is 5.84 Å². The zero-order chi connectivity index (χ0) is 13.1. The maximum absolute atomic E-state index is 12.0. The fourth-order valence-electron chi connectivity index (χ4n) is 1.18. The number of rotatable bonds is 5. The van der Waals surface area contributed by atoms with E-state index in [9.17, 15) is 8.42 Å². The molecule has 0 aromatic heterocycles. The van der Waals surface area contributed by atoms with E-state index in [0.29, 0.717) is 5.69 Å². The molecule has 17 heavy (non-hydrogen) atoms. The molecule has 0 saturated carbocycles. The van der Waals surface area contributed by atoms with E-state index in [1.54, 1.807) is 12.1 Å². The van der Waals surface area contributed by atoms with Gasteiger partial charge in [0.15, 0.2) is 0 Å². The smallest absolute Gasteiger partial charge is 0.240 e. The van der Waals surface area contributed by atoms with Gasteiger partial charge in [-0.25, -0.2) is 13.1 Å². The van der Waals surface area contributed by atoms with Gasteiger partial charge >= 0.3 is 0 Å². The molecule has 6 heteroatoms. The molecule has 5 nitrogen and oxygen atoms in total. The van der Waals surface area contributed by atoms with Gasteiger partial charge in [0.25, 0.3) is 0 Å². The predicted molar refractivity (Wildman–Crippen MR) is 68.9 cm³/mol. The second-order valence-corrected chi connectivity index (χ2v) is 6.04. The summed E-state index contributed by atoms with van der Waals surface area (Å²) in [5.41, 5.74) is 3.12. The molecule has 0 amide bonds. The van der Waals surface area contributed by atoms with Gasteiger partial charge in [0, 0.05) is 11.7 Å². The first-order valence-electron chi connectivity index (χ1n) is 5.46. The van der Waals surface area contributed by atoms with Gasteiger partial charge in [0.1, 0.15) is 0 Å². The molecule has 0 aliphatic rings. The number of nitrogens with two attached hydrogens (primary N) is 1. The Morgan fingerprint density at radius 3 is 2.06 bits per heavy atom. The highest BCUT2D eigenvalue weighted by Crippen LogP contribution is 2.14. The lowest BCUT2D eigenvalue weighted by molar-refractivity contribution is 0.476. The van der Waals surface area contributed by atoms with Crippen LogP contribution in [0.15, 0.2) is 29.2 Å². The fourth-order valence-corrected chi connectivity index (χ4v) is 2.57. The summed E-state index contributed by atoms with van der Waals surface area (Å²) in [6.07, 6.45) is 0. The second-order valence-electron chi connectivity index (χ2n) is 4.32. The molecular weight excluding hydrogens is 238 g/mol. The normalized spacial score (nSPS) is 13.7. The maximum Gasteiger partial charge on any atom is 0.240 e. The van der Waals surface area contributed by atoms with Crippen molar-refractivity contribution in [2.24, 2.45) is 11.8 Å². The van der Waals surface area contributed by atoms with Gasteiger partial charge < -0.3 is 5.43 Å². The van der Waals surface area contributed by atoms with Crippen LogP contribution in [0.2, 0.25) is 0 Å². The average molecular weight is 257 g/mol. The van der Waals surface area contributed by atoms with E-state index in [2.05, 4.69) is 10.1 Å². The van der Waals surface area contributed by atoms with Crippen molar-refractivity contribution in [3.63, 3.8) is 0 Å². The second kappa shape index (κ2) is 5.48. The Morgan fingerprint density at radius 2 is 1.65 bits per heavy atom. The van der Waals surface area contributed by atoms with Crippen molar-refractivity contribution in [3.8, 4) is 0 Å². The third kappa shape index (κ3) is 3.69. The summed E-state index contributed by atoms with van der Waals surface area (Å²) in [4.78, 5) is 0.240. The molecular formula is C11H19N3O2S. The zero-order valence-corrected chi connectivity index (χ0v) is 11.1. The lowest BCUT2D eigenvalue weighted by Crippen LogP contribution is -2.36. The summed E-state index contributed by atoms with van der Waals surface area (Å²) >= 11 is 0. The molecule has 0 saturated heterocycles. The minimum atomic E-state index is -3.45. The summed E-state index contributed by atoms with van der Waals surface area (Å²) in [6, 6.07) is 6.17. The Bertz CT molecular complexity index is 454. The van der Waals surface area contributed by atoms with Crippen molar-refractivity contribution in [1.29, 1.82) is 0 Å². The highest BCUT2D eigenvalue weighted by Gasteiger charge is 2.18. The van der Waals surface area contributed by atoms with Gasteiger partial charge in [-0.2, -0.15) is 0 Å². The Balaban J connectivity index is 2.89. The van der Waals surface area contributed by atoms with Crippen LogP contribution in [-0.4, -0.2) is 14.5 Å². The van der Waals surface area contributed by atoms with E-state index in [1.165, 1.54) is 12.1 Å². The van der Waals surface area contributed by atoms with E-state index < -0.39 is 10.0 Å². The van der Waals surface area contributed by atoms with Crippen molar-refractivity contribution in [1.82, 2.24) is 4.72 Å². The third-order valence-corrected chi connectivity index (χ3v) is 4.25. The largest absolute Gasteiger partial charge is 0.324 e. The van der Waals surface area contributed by atoms with E-state index in [0.717, 1.165) is 0 Å². The molecule has 0 radical (unpaired) electrons. The Kier molecular flexibility index (Phi) is 4.50. The van der Waals surface area contributed by atoms with E-state index >= 15 is 0 Å². The van der Waals surface area contributed by atoms with Gasteiger partial charge in [-0.15, -0.1) is 0 Å². The molecule has 4 N–H and O–H groups in total. The number of benzene rings is 1. The molecule has 0 spiro atoms. The highest BCUT2D eigenvalue weighted by molar-refractivity contribution is 7.89. The number of hydrogen-bond acceptors (Lipinski definition) is 4. The third-order valence-electron chi connectivity index (χ3n) is 2.67. The first-order chi connectivity index (χ1) is 7.86. The van der Waals surface area contributed by atoms with Gasteiger partial charge in [-0.1, -0.05) is 13.8 Å². The molecule has 1 aromatic carbocycles. The molecule has 0 fully saturated rings. The molecule has 1 atom stereocenters. The standard InChI is InChI=1S/C11H19N3O2S/c1-8(2)9(3)14-17(15,16)11-6-4-10(13-12)5-7-11/h4-9,13-14H,12H2,1-3H3. The van der Waals surface area contributed by atoms with Gasteiger partial charge in [0.2, 0.25) is 10.0 Å². The van der Waals surface area contributed by atoms with E-state index in [4.69, 9.17) is 5.84 Å². The summed E-state index contributed by atoms with van der Waals surface area (Å²) in [5.74, 6) is 5.46. The van der Waals surface area contributed by atoms with E-state index in [1.807, 2.05) is 20.8 Å². The maximum atomic E-state index is 12.0. The minimum Gasteiger partial charge on any atom is -0.324 e. The van der Waals surface area contributed by atoms with Crippen LogP contribution in [0.3, 0.4) is 0 Å². The molecule has 1 unspecified atom stereocenters. The fraction of sp³-hybridized carbons (Fsp3) is 0.455. The number of sulfonamides is 1. The zero-order valence-electron chi connectivity index (χ0n) is 10.3. The summed E-state index contributed by atoms with van der Waals surface area (Å²) in [5, 5.41) is 0. The highest BCUT2D eigenvalue weighted by atomic mass is 32.2. The number of nitrogen functional groups attached to an aromatic ring is 1. The summed E-state index contributed by atoms with van der Waals surface area (Å²) in [6.45, 7) is 5.78. The number of hydrogen-bond donors (Lipinski definition) is 3. The molecule has 0 heterocycles. The van der Waals surface area contributed by atoms with Crippen molar-refractivity contribution in [2.45, 2.75) is 31.7 Å². The summed E-state index contributed by atoms with van der Waals surface area (Å²) < 4.78 is 26.6. The first-order valence-corrected chi connectivity index (χ1v) is 6.94. The first kappa shape index (κ1) is 14.0. The topological polar surface area (TPSA) is 84.2 Å². The Labute approximate surface area is 102 Å². The summed E-state index contributed by atoms with van der Waals surface area (Å²) in [7, 11) is -3.45. The van der Waals surface area contributed by atoms with Crippen LogP contribution < -0.4 is 16.0 Å². The van der Waals surface area contributed by atoms with Gasteiger partial charge in [-0.05, 0) is 37.1 Å². The number of anilines is 1. The average Bonchev–Trinajstić information content (AvgIpc) is 2.28. The molecule has 96 valence electrons. The molecule has 1 aromatic rings. The minimum absolute atomic E-state index is 0.104. The van der Waals surface area contributed by atoms with Crippen molar-refractivity contribution in [3.05, 3.63) is 24.3 Å². The molecule has 0 aliphatic carbocycles. The van der Waals surface area contributed by atoms with Crippen LogP contribution in [-0.2, 0) is 10.0 Å². The number of nitrogens with one attached hydrogen (secondary N) is 2. The van der Waals surface area contributed by atoms with Crippen molar-refractivity contribution >= 4 is 15.7 Å². The van der Waals surface area contributed by atoms with Crippen molar-refractivity contribution in [2.75, 3.05) is 5.43 Å². The predicted octanol–water partition coefficient (Wildman–Crippen LogP) is 1.29. The van der Waals surface area contributed by atoms with Crippen molar-refractivity contribution < 1.29 is 8.42 Å². The quantitative estimate of drug-likeness (QED) is 0.548. The Hall–Kier alpha value is -1.11. The molecule has 0 bridgehead atoms. The van der Waals surface area contributed by atoms with E-state index in [-0.39, 0.29) is 16.9 Å². The number of hydrazine groups is 1. The SMILES string of the molecule is CC(C)C(C)NS(=O)(=O)c1ccc(NN)cc1. The Morgan fingerprint density at radius 1 is 1.12 bits per heavy atom. The van der Waals surface area contributed by atoms with Crippen LogP contribution in [0.5, 0.6) is 0 Å². The molecule has 0 aliphatic heterocycles. The lowest BCUT2D eigenvalue weighted by atomic mass is 10.1. The lowest BCUT2D eigenvalue weighted by Gasteiger charge is -2.17. The van der Waals surface area contributed by atoms with Crippen LogP contribution in [0, 0.1) is 5.92 Å². The van der Waals surface area contributed by atoms with Crippen LogP contribution in [0.25, 0.3) is 0 Å². The monoisotopic (exact) mass is 257 g/mol.